The summed E-state index contributed by atoms with van der Waals surface area (Å²) in [4.78, 5) is 41.6. The second-order valence-corrected chi connectivity index (χ2v) is 9.67. The lowest BCUT2D eigenvalue weighted by atomic mass is 9.97. The number of ether oxygens (including phenoxy) is 1. The van der Waals surface area contributed by atoms with Crippen molar-refractivity contribution in [1.29, 1.82) is 0 Å². The minimum Gasteiger partial charge on any atom is -0.371 e. The van der Waals surface area contributed by atoms with Crippen LogP contribution in [-0.4, -0.2) is 47.5 Å². The number of carbonyl (C=O) groups excluding carboxylic acids is 2. The highest BCUT2D eigenvalue weighted by Gasteiger charge is 2.27. The largest absolute Gasteiger partial charge is 0.371 e. The van der Waals surface area contributed by atoms with Crippen LogP contribution >= 0.6 is 0 Å². The standard InChI is InChI=1S/C27H33N3O4/c31-25-22(26(32)28-16-24-21-11-5-2-8-19(21)12-15-34-24)17-30(20-9-3-4-10-20)18-23(25)27(33)29-13-6-1-7-14-29/h2,5,8,11,17-18,20,24H,1,3-4,6-7,9-10,12-16H2,(H,28,32). The number of likely N-dealkylation sites (tertiary alicyclic amines) is 1. The van der Waals surface area contributed by atoms with E-state index in [1.54, 1.807) is 17.3 Å². The summed E-state index contributed by atoms with van der Waals surface area (Å²) in [6.45, 7) is 2.21. The second-order valence-electron chi connectivity index (χ2n) is 9.67. The lowest BCUT2D eigenvalue weighted by Gasteiger charge is -2.27. The molecule has 2 amide bonds. The Hall–Kier alpha value is -2.93. The molecule has 2 aromatic rings. The van der Waals surface area contributed by atoms with Gasteiger partial charge in [-0.15, -0.1) is 0 Å². The Morgan fingerprint density at radius 3 is 2.50 bits per heavy atom. The van der Waals surface area contributed by atoms with Gasteiger partial charge in [0, 0.05) is 38.1 Å². The van der Waals surface area contributed by atoms with E-state index < -0.39 is 11.3 Å². The van der Waals surface area contributed by atoms with Gasteiger partial charge < -0.3 is 19.5 Å². The first kappa shape index (κ1) is 22.8. The number of benzene rings is 1. The molecule has 1 aromatic heterocycles. The van der Waals surface area contributed by atoms with Crippen LogP contribution in [-0.2, 0) is 11.2 Å². The van der Waals surface area contributed by atoms with E-state index in [0.29, 0.717) is 19.7 Å². The molecule has 2 aliphatic heterocycles. The van der Waals surface area contributed by atoms with Gasteiger partial charge in [0.25, 0.3) is 11.8 Å². The Morgan fingerprint density at radius 1 is 0.971 bits per heavy atom. The van der Waals surface area contributed by atoms with Gasteiger partial charge in [0.1, 0.15) is 17.2 Å². The summed E-state index contributed by atoms with van der Waals surface area (Å²) in [5.74, 6) is -0.702. The first-order valence-electron chi connectivity index (χ1n) is 12.6. The average molecular weight is 464 g/mol. The SMILES string of the molecule is O=C(NCC1OCCc2ccccc21)c1cn(C2CCCC2)cc(C(=O)N2CCCCC2)c1=O. The second kappa shape index (κ2) is 10.1. The van der Waals surface area contributed by atoms with Crippen LogP contribution in [0.5, 0.6) is 0 Å². The highest BCUT2D eigenvalue weighted by Crippen LogP contribution is 2.30. The van der Waals surface area contributed by atoms with E-state index in [9.17, 15) is 14.4 Å². The predicted molar refractivity (Wildman–Crippen MR) is 129 cm³/mol. The number of nitrogens with zero attached hydrogens (tertiary/aromatic N) is 2. The van der Waals surface area contributed by atoms with Gasteiger partial charge in [0.05, 0.1) is 6.61 Å². The van der Waals surface area contributed by atoms with Crippen molar-refractivity contribution in [2.24, 2.45) is 0 Å². The van der Waals surface area contributed by atoms with Gasteiger partial charge in [-0.05, 0) is 49.7 Å². The maximum absolute atomic E-state index is 13.4. The van der Waals surface area contributed by atoms with E-state index in [1.165, 1.54) is 5.56 Å². The Morgan fingerprint density at radius 2 is 1.71 bits per heavy atom. The molecule has 1 aliphatic carbocycles. The van der Waals surface area contributed by atoms with Crippen molar-refractivity contribution in [2.75, 3.05) is 26.2 Å². The van der Waals surface area contributed by atoms with Crippen molar-refractivity contribution in [3.8, 4) is 0 Å². The number of piperidine rings is 1. The molecule has 7 heteroatoms. The molecule has 1 atom stereocenters. The van der Waals surface area contributed by atoms with E-state index >= 15 is 0 Å². The van der Waals surface area contributed by atoms with E-state index in [2.05, 4.69) is 11.4 Å². The minimum absolute atomic E-state index is 0.0406. The normalized spacial score (nSPS) is 20.7. The van der Waals surface area contributed by atoms with Gasteiger partial charge in [0.2, 0.25) is 5.43 Å². The fraction of sp³-hybridized carbons (Fsp3) is 0.519. The monoisotopic (exact) mass is 463 g/mol. The van der Waals surface area contributed by atoms with Gasteiger partial charge in [0.15, 0.2) is 0 Å². The molecule has 1 saturated carbocycles. The number of amides is 2. The van der Waals surface area contributed by atoms with Crippen molar-refractivity contribution in [1.82, 2.24) is 14.8 Å². The van der Waals surface area contributed by atoms with E-state index in [0.717, 1.165) is 56.9 Å². The zero-order valence-electron chi connectivity index (χ0n) is 19.6. The molecule has 0 bridgehead atoms. The predicted octanol–water partition coefficient (Wildman–Crippen LogP) is 3.63. The summed E-state index contributed by atoms with van der Waals surface area (Å²) in [6, 6.07) is 8.31. The first-order valence-corrected chi connectivity index (χ1v) is 12.6. The molecule has 1 N–H and O–H groups in total. The highest BCUT2D eigenvalue weighted by molar-refractivity contribution is 5.99. The molecule has 0 spiro atoms. The van der Waals surface area contributed by atoms with Crippen LogP contribution in [0.25, 0.3) is 0 Å². The summed E-state index contributed by atoms with van der Waals surface area (Å²) in [7, 11) is 0. The summed E-state index contributed by atoms with van der Waals surface area (Å²) >= 11 is 0. The number of hydrogen-bond donors (Lipinski definition) is 1. The molecule has 5 rings (SSSR count). The molecular formula is C27H33N3O4. The quantitative estimate of drug-likeness (QED) is 0.734. The third-order valence-electron chi connectivity index (χ3n) is 7.45. The Labute approximate surface area is 200 Å². The molecule has 2 fully saturated rings. The van der Waals surface area contributed by atoms with Crippen LogP contribution in [0.15, 0.2) is 41.5 Å². The van der Waals surface area contributed by atoms with Crippen molar-refractivity contribution >= 4 is 11.8 Å². The van der Waals surface area contributed by atoms with Crippen LogP contribution < -0.4 is 10.7 Å². The zero-order valence-corrected chi connectivity index (χ0v) is 19.6. The maximum atomic E-state index is 13.4. The molecule has 0 radical (unpaired) electrons. The molecule has 1 saturated heterocycles. The topological polar surface area (TPSA) is 80.6 Å². The number of aromatic nitrogens is 1. The zero-order chi connectivity index (χ0) is 23.5. The minimum atomic E-state index is -0.479. The van der Waals surface area contributed by atoms with Crippen LogP contribution in [0.2, 0.25) is 0 Å². The van der Waals surface area contributed by atoms with Gasteiger partial charge in [-0.3, -0.25) is 14.4 Å². The van der Waals surface area contributed by atoms with Crippen LogP contribution in [0.3, 0.4) is 0 Å². The fourth-order valence-electron chi connectivity index (χ4n) is 5.52. The Bertz CT molecular complexity index is 1110. The Kier molecular flexibility index (Phi) is 6.81. The van der Waals surface area contributed by atoms with E-state index in [-0.39, 0.29) is 35.7 Å². The van der Waals surface area contributed by atoms with Crippen molar-refractivity contribution in [2.45, 2.75) is 63.5 Å². The number of carbonyl (C=O) groups is 2. The van der Waals surface area contributed by atoms with Crippen LogP contribution in [0, 0.1) is 0 Å². The average Bonchev–Trinajstić information content (AvgIpc) is 3.43. The maximum Gasteiger partial charge on any atom is 0.259 e. The highest BCUT2D eigenvalue weighted by atomic mass is 16.5. The number of pyridine rings is 1. The molecule has 3 aliphatic rings. The van der Waals surface area contributed by atoms with Gasteiger partial charge in [-0.1, -0.05) is 37.1 Å². The van der Waals surface area contributed by atoms with Gasteiger partial charge >= 0.3 is 0 Å². The fourth-order valence-corrected chi connectivity index (χ4v) is 5.52. The summed E-state index contributed by atoms with van der Waals surface area (Å²) in [6.07, 6.45) is 11.2. The molecule has 180 valence electrons. The number of fused-ring (bicyclic) bond motifs is 1. The molecular weight excluding hydrogens is 430 g/mol. The first-order chi connectivity index (χ1) is 16.6. The molecule has 1 aromatic carbocycles. The number of rotatable bonds is 5. The van der Waals surface area contributed by atoms with Crippen LogP contribution in [0.1, 0.15) is 88.9 Å². The third-order valence-corrected chi connectivity index (χ3v) is 7.45. The molecule has 3 heterocycles. The smallest absolute Gasteiger partial charge is 0.259 e. The Balaban J connectivity index is 1.40. The third kappa shape index (κ3) is 4.67. The van der Waals surface area contributed by atoms with Gasteiger partial charge in [-0.2, -0.15) is 0 Å². The molecule has 1 unspecified atom stereocenters. The number of hydrogen-bond acceptors (Lipinski definition) is 4. The van der Waals surface area contributed by atoms with Crippen molar-refractivity contribution in [3.05, 3.63) is 69.1 Å². The van der Waals surface area contributed by atoms with Gasteiger partial charge in [-0.25, -0.2) is 0 Å². The summed E-state index contributed by atoms with van der Waals surface area (Å²) < 4.78 is 7.85. The number of nitrogens with one attached hydrogen (secondary N) is 1. The summed E-state index contributed by atoms with van der Waals surface area (Å²) in [5.41, 5.74) is 1.98. The van der Waals surface area contributed by atoms with Crippen molar-refractivity contribution < 1.29 is 14.3 Å². The lowest BCUT2D eigenvalue weighted by Crippen LogP contribution is -2.41. The van der Waals surface area contributed by atoms with Crippen molar-refractivity contribution in [3.63, 3.8) is 0 Å². The lowest BCUT2D eigenvalue weighted by molar-refractivity contribution is 0.0411. The molecule has 34 heavy (non-hydrogen) atoms. The van der Waals surface area contributed by atoms with E-state index in [4.69, 9.17) is 4.74 Å². The summed E-state index contributed by atoms with van der Waals surface area (Å²) in [5, 5.41) is 2.91. The van der Waals surface area contributed by atoms with Crippen LogP contribution in [0.4, 0.5) is 0 Å². The molecule has 7 nitrogen and oxygen atoms in total. The van der Waals surface area contributed by atoms with E-state index in [1.807, 2.05) is 22.8 Å².